The normalized spacial score (nSPS) is 15.9. The van der Waals surface area contributed by atoms with Gasteiger partial charge in [-0.05, 0) is 34.7 Å². The van der Waals surface area contributed by atoms with E-state index in [4.69, 9.17) is 9.47 Å². The van der Waals surface area contributed by atoms with E-state index in [9.17, 15) is 0 Å². The van der Waals surface area contributed by atoms with E-state index < -0.39 is 0 Å². The molecular weight excluding hydrogens is 368 g/mol. The van der Waals surface area contributed by atoms with Crippen molar-refractivity contribution in [2.75, 3.05) is 33.3 Å². The van der Waals surface area contributed by atoms with E-state index in [0.29, 0.717) is 6.61 Å². The summed E-state index contributed by atoms with van der Waals surface area (Å²) in [4.78, 5) is 3.91. The van der Waals surface area contributed by atoms with E-state index in [2.05, 4.69) is 52.0 Å². The van der Waals surface area contributed by atoms with Crippen LogP contribution in [0.3, 0.4) is 0 Å². The molecule has 1 aliphatic heterocycles. The highest BCUT2D eigenvalue weighted by molar-refractivity contribution is 7.10. The predicted molar refractivity (Wildman–Crippen MR) is 114 cm³/mol. The number of hydrogen-bond donors (Lipinski definition) is 1. The van der Waals surface area contributed by atoms with Gasteiger partial charge in [0, 0.05) is 31.1 Å². The molecule has 4 rings (SSSR count). The molecular formula is C23H26N2O2S. The fraction of sp³-hybridized carbons (Fsp3) is 0.304. The molecule has 3 aromatic rings. The average molecular weight is 395 g/mol. The van der Waals surface area contributed by atoms with Crippen molar-refractivity contribution in [2.45, 2.75) is 12.6 Å². The van der Waals surface area contributed by atoms with Gasteiger partial charge in [-0.2, -0.15) is 0 Å². The Kier molecular flexibility index (Phi) is 6.27. The minimum absolute atomic E-state index is 0.249. The van der Waals surface area contributed by atoms with E-state index in [0.717, 1.165) is 43.2 Å². The van der Waals surface area contributed by atoms with Crippen molar-refractivity contribution in [1.82, 2.24) is 10.2 Å². The summed E-state index contributed by atoms with van der Waals surface area (Å²) in [6, 6.07) is 21.2. The van der Waals surface area contributed by atoms with Crippen LogP contribution >= 0.6 is 11.3 Å². The molecule has 0 saturated carbocycles. The molecule has 4 nitrogen and oxygen atoms in total. The number of piperazine rings is 1. The summed E-state index contributed by atoms with van der Waals surface area (Å²) < 4.78 is 11.7. The lowest BCUT2D eigenvalue weighted by Crippen LogP contribution is -2.45. The van der Waals surface area contributed by atoms with Gasteiger partial charge >= 0.3 is 0 Å². The Balaban J connectivity index is 1.59. The zero-order chi connectivity index (χ0) is 19.2. The fourth-order valence-corrected chi connectivity index (χ4v) is 4.54. The van der Waals surface area contributed by atoms with E-state index in [-0.39, 0.29) is 6.04 Å². The van der Waals surface area contributed by atoms with Gasteiger partial charge in [0.25, 0.3) is 0 Å². The minimum atomic E-state index is 0.249. The summed E-state index contributed by atoms with van der Waals surface area (Å²) in [7, 11) is 1.71. The van der Waals surface area contributed by atoms with Crippen LogP contribution in [-0.4, -0.2) is 38.2 Å². The third-order valence-corrected chi connectivity index (χ3v) is 5.99. The van der Waals surface area contributed by atoms with Crippen LogP contribution in [-0.2, 0) is 6.61 Å². The van der Waals surface area contributed by atoms with Crippen LogP contribution in [0.2, 0.25) is 0 Å². The standard InChI is InChI=1S/C23H26N2O2S/c1-26-21-16-19(9-10-20(21)27-17-18-6-3-2-4-7-18)23(22-8-5-15-28-22)25-13-11-24-12-14-25/h2-10,15-16,23-24H,11-14,17H2,1H3. The third kappa shape index (κ3) is 4.38. The van der Waals surface area contributed by atoms with Crippen molar-refractivity contribution < 1.29 is 9.47 Å². The Hall–Kier alpha value is -2.34. The Labute approximate surface area is 170 Å². The van der Waals surface area contributed by atoms with Crippen molar-refractivity contribution in [3.8, 4) is 11.5 Å². The van der Waals surface area contributed by atoms with Gasteiger partial charge in [0.05, 0.1) is 13.2 Å². The van der Waals surface area contributed by atoms with Crippen LogP contribution in [0.5, 0.6) is 11.5 Å². The van der Waals surface area contributed by atoms with Gasteiger partial charge in [-0.1, -0.05) is 42.5 Å². The van der Waals surface area contributed by atoms with E-state index in [1.807, 2.05) is 35.6 Å². The number of methoxy groups -OCH3 is 1. The zero-order valence-corrected chi connectivity index (χ0v) is 17.0. The summed E-state index contributed by atoms with van der Waals surface area (Å²) >= 11 is 1.81. The van der Waals surface area contributed by atoms with Crippen LogP contribution in [0, 0.1) is 0 Å². The molecule has 0 spiro atoms. The number of thiophene rings is 1. The molecule has 0 amide bonds. The van der Waals surface area contributed by atoms with Crippen LogP contribution < -0.4 is 14.8 Å². The largest absolute Gasteiger partial charge is 0.493 e. The summed E-state index contributed by atoms with van der Waals surface area (Å²) in [5, 5.41) is 5.60. The molecule has 1 unspecified atom stereocenters. The second-order valence-corrected chi connectivity index (χ2v) is 7.87. The molecule has 2 aromatic carbocycles. The topological polar surface area (TPSA) is 33.7 Å². The first-order valence-corrected chi connectivity index (χ1v) is 10.6. The molecule has 1 atom stereocenters. The first-order chi connectivity index (χ1) is 13.8. The van der Waals surface area contributed by atoms with E-state index in [1.54, 1.807) is 7.11 Å². The van der Waals surface area contributed by atoms with Crippen molar-refractivity contribution in [2.24, 2.45) is 0 Å². The zero-order valence-electron chi connectivity index (χ0n) is 16.1. The average Bonchev–Trinajstić information content (AvgIpc) is 3.28. The molecule has 28 heavy (non-hydrogen) atoms. The van der Waals surface area contributed by atoms with Crippen LogP contribution in [0.25, 0.3) is 0 Å². The second kappa shape index (κ2) is 9.24. The van der Waals surface area contributed by atoms with Crippen LogP contribution in [0.1, 0.15) is 22.0 Å². The summed E-state index contributed by atoms with van der Waals surface area (Å²) in [6.45, 7) is 4.66. The smallest absolute Gasteiger partial charge is 0.161 e. The van der Waals surface area contributed by atoms with Gasteiger partial charge in [-0.25, -0.2) is 0 Å². The molecule has 0 bridgehead atoms. The predicted octanol–water partition coefficient (Wildman–Crippen LogP) is 4.33. The number of benzene rings is 2. The monoisotopic (exact) mass is 394 g/mol. The number of ether oxygens (including phenoxy) is 2. The van der Waals surface area contributed by atoms with Gasteiger partial charge < -0.3 is 14.8 Å². The molecule has 1 saturated heterocycles. The van der Waals surface area contributed by atoms with Crippen LogP contribution in [0.15, 0.2) is 66.0 Å². The molecule has 0 aliphatic carbocycles. The van der Waals surface area contributed by atoms with Crippen molar-refractivity contribution >= 4 is 11.3 Å². The highest BCUT2D eigenvalue weighted by atomic mass is 32.1. The molecule has 1 aromatic heterocycles. The molecule has 1 N–H and O–H groups in total. The summed E-state index contributed by atoms with van der Waals surface area (Å²) in [6.07, 6.45) is 0. The molecule has 5 heteroatoms. The van der Waals surface area contributed by atoms with Crippen LogP contribution in [0.4, 0.5) is 0 Å². The first-order valence-electron chi connectivity index (χ1n) is 9.68. The number of hydrogen-bond acceptors (Lipinski definition) is 5. The minimum Gasteiger partial charge on any atom is -0.493 e. The lowest BCUT2D eigenvalue weighted by Gasteiger charge is -2.35. The number of rotatable bonds is 7. The maximum Gasteiger partial charge on any atom is 0.161 e. The molecule has 0 radical (unpaired) electrons. The maximum atomic E-state index is 6.04. The Morgan fingerprint density at radius 2 is 1.82 bits per heavy atom. The molecule has 1 aliphatic rings. The van der Waals surface area contributed by atoms with Gasteiger partial charge in [-0.15, -0.1) is 11.3 Å². The molecule has 146 valence electrons. The van der Waals surface area contributed by atoms with E-state index >= 15 is 0 Å². The van der Waals surface area contributed by atoms with Crippen molar-refractivity contribution in [3.63, 3.8) is 0 Å². The number of nitrogens with zero attached hydrogens (tertiary/aromatic N) is 1. The van der Waals surface area contributed by atoms with Gasteiger partial charge in [0.1, 0.15) is 6.61 Å². The Morgan fingerprint density at radius 1 is 1.00 bits per heavy atom. The molecule has 2 heterocycles. The lowest BCUT2D eigenvalue weighted by atomic mass is 10.0. The number of nitrogens with one attached hydrogen (secondary N) is 1. The lowest BCUT2D eigenvalue weighted by molar-refractivity contribution is 0.200. The SMILES string of the molecule is COc1cc(C(c2cccs2)N2CCNCC2)ccc1OCc1ccccc1. The van der Waals surface area contributed by atoms with Gasteiger partial charge in [0.15, 0.2) is 11.5 Å². The fourth-order valence-electron chi connectivity index (χ4n) is 3.65. The van der Waals surface area contributed by atoms with Gasteiger partial charge in [-0.3, -0.25) is 4.90 Å². The highest BCUT2D eigenvalue weighted by Gasteiger charge is 2.25. The maximum absolute atomic E-state index is 6.04. The van der Waals surface area contributed by atoms with E-state index in [1.165, 1.54) is 10.4 Å². The third-order valence-electron chi connectivity index (χ3n) is 5.07. The Bertz CT molecular complexity index is 862. The van der Waals surface area contributed by atoms with Gasteiger partial charge in [0.2, 0.25) is 0 Å². The molecule has 1 fully saturated rings. The second-order valence-electron chi connectivity index (χ2n) is 6.89. The Morgan fingerprint density at radius 3 is 2.54 bits per heavy atom. The quantitative estimate of drug-likeness (QED) is 0.647. The van der Waals surface area contributed by atoms with Crippen molar-refractivity contribution in [1.29, 1.82) is 0 Å². The summed E-state index contributed by atoms with van der Waals surface area (Å²) in [5.41, 5.74) is 2.39. The van der Waals surface area contributed by atoms with Crippen molar-refractivity contribution in [3.05, 3.63) is 82.0 Å². The highest BCUT2D eigenvalue weighted by Crippen LogP contribution is 2.37. The summed E-state index contributed by atoms with van der Waals surface area (Å²) in [5.74, 6) is 1.56. The first kappa shape index (κ1) is 19.0.